The molecule has 2 aromatic rings. The molecule has 0 saturated heterocycles. The maximum atomic E-state index is 13.1. The molecule has 0 aliphatic heterocycles. The highest BCUT2D eigenvalue weighted by atomic mass is 19.2. The van der Waals surface area contributed by atoms with Crippen LogP contribution in [0, 0.1) is 18.6 Å². The zero-order valence-electron chi connectivity index (χ0n) is 14.7. The van der Waals surface area contributed by atoms with Crippen molar-refractivity contribution in [1.82, 2.24) is 10.2 Å². The summed E-state index contributed by atoms with van der Waals surface area (Å²) >= 11 is 0. The topological polar surface area (TPSA) is 61.4 Å². The van der Waals surface area contributed by atoms with Gasteiger partial charge in [0, 0.05) is 18.3 Å². The molecule has 0 unspecified atom stereocenters. The number of aryl methyl sites for hydroxylation is 1. The van der Waals surface area contributed by atoms with Crippen LogP contribution < -0.4 is 10.6 Å². The van der Waals surface area contributed by atoms with Crippen molar-refractivity contribution >= 4 is 17.5 Å². The van der Waals surface area contributed by atoms with E-state index in [9.17, 15) is 18.4 Å². The number of likely N-dealkylation sites (N-methyl/N-ethyl adjacent to an activating group) is 1. The van der Waals surface area contributed by atoms with Gasteiger partial charge in [-0.05, 0) is 31.7 Å². The zero-order chi connectivity index (χ0) is 19.1. The van der Waals surface area contributed by atoms with E-state index in [0.717, 1.165) is 17.7 Å². The van der Waals surface area contributed by atoms with Crippen LogP contribution >= 0.6 is 0 Å². The first-order valence-electron chi connectivity index (χ1n) is 8.09. The van der Waals surface area contributed by atoms with Crippen molar-refractivity contribution in [2.45, 2.75) is 13.5 Å². The Balaban J connectivity index is 1.74. The first kappa shape index (κ1) is 19.5. The third-order valence-electron chi connectivity index (χ3n) is 3.64. The number of halogens is 2. The lowest BCUT2D eigenvalue weighted by molar-refractivity contribution is -0.124. The van der Waals surface area contributed by atoms with E-state index in [1.807, 2.05) is 36.1 Å². The smallest absolute Gasteiger partial charge is 0.243 e. The minimum Gasteiger partial charge on any atom is -0.346 e. The van der Waals surface area contributed by atoms with Crippen molar-refractivity contribution in [2.24, 2.45) is 0 Å². The number of carbonyl (C=O) groups excluding carboxylic acids is 2. The molecule has 0 aliphatic rings. The lowest BCUT2D eigenvalue weighted by Crippen LogP contribution is -2.39. The number of nitrogens with zero attached hydrogens (tertiary/aromatic N) is 1. The van der Waals surface area contributed by atoms with E-state index in [0.29, 0.717) is 6.54 Å². The van der Waals surface area contributed by atoms with Crippen LogP contribution in [0.4, 0.5) is 14.5 Å². The SMILES string of the molecule is Cc1ccc(CN(C)CC(=O)NCC(=O)Nc2ccc(F)c(F)c2)cc1. The molecule has 0 aromatic heterocycles. The summed E-state index contributed by atoms with van der Waals surface area (Å²) in [6.07, 6.45) is 0. The first-order chi connectivity index (χ1) is 12.3. The van der Waals surface area contributed by atoms with Gasteiger partial charge in [-0.2, -0.15) is 0 Å². The maximum Gasteiger partial charge on any atom is 0.243 e. The quantitative estimate of drug-likeness (QED) is 0.796. The number of amides is 2. The van der Waals surface area contributed by atoms with Gasteiger partial charge in [0.05, 0.1) is 13.1 Å². The van der Waals surface area contributed by atoms with Crippen LogP contribution in [0.3, 0.4) is 0 Å². The number of nitrogens with one attached hydrogen (secondary N) is 2. The standard InChI is InChI=1S/C19H21F2N3O2/c1-13-3-5-14(6-4-13)11-24(2)12-19(26)22-10-18(25)23-15-7-8-16(20)17(21)9-15/h3-9H,10-12H2,1-2H3,(H,22,26)(H,23,25). The third kappa shape index (κ3) is 6.25. The maximum absolute atomic E-state index is 13.1. The molecule has 138 valence electrons. The highest BCUT2D eigenvalue weighted by molar-refractivity contribution is 5.94. The Hall–Kier alpha value is -2.80. The van der Waals surface area contributed by atoms with Crippen molar-refractivity contribution in [3.63, 3.8) is 0 Å². The lowest BCUT2D eigenvalue weighted by Gasteiger charge is -2.16. The fourth-order valence-electron chi connectivity index (χ4n) is 2.32. The van der Waals surface area contributed by atoms with Gasteiger partial charge >= 0.3 is 0 Å². The molecular formula is C19H21F2N3O2. The Labute approximate surface area is 151 Å². The van der Waals surface area contributed by atoms with Crippen LogP contribution in [0.1, 0.15) is 11.1 Å². The van der Waals surface area contributed by atoms with E-state index in [2.05, 4.69) is 10.6 Å². The zero-order valence-corrected chi connectivity index (χ0v) is 14.7. The van der Waals surface area contributed by atoms with Gasteiger partial charge in [0.25, 0.3) is 0 Å². The first-order valence-corrected chi connectivity index (χ1v) is 8.09. The molecule has 0 spiro atoms. The third-order valence-corrected chi connectivity index (χ3v) is 3.64. The fraction of sp³-hybridized carbons (Fsp3) is 0.263. The second kappa shape index (κ2) is 9.05. The van der Waals surface area contributed by atoms with Crippen LogP contribution in [-0.2, 0) is 16.1 Å². The van der Waals surface area contributed by atoms with Crippen LogP contribution in [0.15, 0.2) is 42.5 Å². The molecule has 0 bridgehead atoms. The molecule has 0 atom stereocenters. The average Bonchev–Trinajstić information content (AvgIpc) is 2.58. The van der Waals surface area contributed by atoms with E-state index in [1.54, 1.807) is 7.05 Å². The van der Waals surface area contributed by atoms with E-state index in [4.69, 9.17) is 0 Å². The summed E-state index contributed by atoms with van der Waals surface area (Å²) in [7, 11) is 1.81. The molecule has 2 amide bonds. The second-order valence-electron chi connectivity index (χ2n) is 6.11. The van der Waals surface area contributed by atoms with Crippen LogP contribution in [0.5, 0.6) is 0 Å². The van der Waals surface area contributed by atoms with Crippen molar-refractivity contribution < 1.29 is 18.4 Å². The fourth-order valence-corrected chi connectivity index (χ4v) is 2.32. The Bertz CT molecular complexity index is 779. The number of benzene rings is 2. The predicted octanol–water partition coefficient (Wildman–Crippen LogP) is 2.46. The average molecular weight is 361 g/mol. The number of hydrogen-bond donors (Lipinski definition) is 2. The minimum atomic E-state index is -1.05. The second-order valence-corrected chi connectivity index (χ2v) is 6.11. The van der Waals surface area contributed by atoms with Gasteiger partial charge in [-0.1, -0.05) is 29.8 Å². The number of rotatable bonds is 7. The van der Waals surface area contributed by atoms with E-state index < -0.39 is 17.5 Å². The molecule has 0 aliphatic carbocycles. The van der Waals surface area contributed by atoms with Crippen molar-refractivity contribution in [1.29, 1.82) is 0 Å². The molecule has 0 heterocycles. The van der Waals surface area contributed by atoms with Crippen molar-refractivity contribution in [3.05, 3.63) is 65.2 Å². The van der Waals surface area contributed by atoms with Crippen molar-refractivity contribution in [3.8, 4) is 0 Å². The Morgan fingerprint density at radius 3 is 2.35 bits per heavy atom. The molecule has 0 fully saturated rings. The molecule has 7 heteroatoms. The predicted molar refractivity (Wildman–Crippen MR) is 95.5 cm³/mol. The summed E-state index contributed by atoms with van der Waals surface area (Å²) in [4.78, 5) is 25.5. The molecule has 0 saturated carbocycles. The Morgan fingerprint density at radius 2 is 1.69 bits per heavy atom. The van der Waals surface area contributed by atoms with Gasteiger partial charge in [0.2, 0.25) is 11.8 Å². The molecule has 5 nitrogen and oxygen atoms in total. The summed E-state index contributed by atoms with van der Waals surface area (Å²) in [5.74, 6) is -2.87. The van der Waals surface area contributed by atoms with Gasteiger partial charge in [-0.3, -0.25) is 14.5 Å². The largest absolute Gasteiger partial charge is 0.346 e. The number of anilines is 1. The lowest BCUT2D eigenvalue weighted by atomic mass is 10.1. The highest BCUT2D eigenvalue weighted by Crippen LogP contribution is 2.12. The van der Waals surface area contributed by atoms with Gasteiger partial charge in [0.1, 0.15) is 0 Å². The molecule has 2 aromatic carbocycles. The molecule has 26 heavy (non-hydrogen) atoms. The summed E-state index contributed by atoms with van der Waals surface area (Å²) in [6, 6.07) is 11.1. The minimum absolute atomic E-state index is 0.125. The molecule has 2 rings (SSSR count). The summed E-state index contributed by atoms with van der Waals surface area (Å²) in [5.41, 5.74) is 2.38. The summed E-state index contributed by atoms with van der Waals surface area (Å²) in [6.45, 7) is 2.49. The number of hydrogen-bond acceptors (Lipinski definition) is 3. The van der Waals surface area contributed by atoms with Gasteiger partial charge < -0.3 is 10.6 Å². The molecule has 2 N–H and O–H groups in total. The van der Waals surface area contributed by atoms with E-state index in [-0.39, 0.29) is 24.7 Å². The van der Waals surface area contributed by atoms with Crippen LogP contribution in [0.25, 0.3) is 0 Å². The summed E-state index contributed by atoms with van der Waals surface area (Å²) in [5, 5.41) is 4.88. The van der Waals surface area contributed by atoms with Gasteiger partial charge in [-0.25, -0.2) is 8.78 Å². The normalized spacial score (nSPS) is 10.7. The van der Waals surface area contributed by atoms with Crippen molar-refractivity contribution in [2.75, 3.05) is 25.5 Å². The van der Waals surface area contributed by atoms with Gasteiger partial charge in [0.15, 0.2) is 11.6 Å². The summed E-state index contributed by atoms with van der Waals surface area (Å²) < 4.78 is 25.9. The van der Waals surface area contributed by atoms with Crippen LogP contribution in [-0.4, -0.2) is 36.9 Å². The monoisotopic (exact) mass is 361 g/mol. The van der Waals surface area contributed by atoms with E-state index in [1.165, 1.54) is 11.6 Å². The Morgan fingerprint density at radius 1 is 1.00 bits per heavy atom. The molecule has 0 radical (unpaired) electrons. The molecular weight excluding hydrogens is 340 g/mol. The highest BCUT2D eigenvalue weighted by Gasteiger charge is 2.10. The van der Waals surface area contributed by atoms with Crippen LogP contribution in [0.2, 0.25) is 0 Å². The van der Waals surface area contributed by atoms with Gasteiger partial charge in [-0.15, -0.1) is 0 Å². The number of carbonyl (C=O) groups is 2. The van der Waals surface area contributed by atoms with E-state index >= 15 is 0 Å². The Kier molecular flexibility index (Phi) is 6.80.